The van der Waals surface area contributed by atoms with Crippen LogP contribution in [0.1, 0.15) is 65.7 Å². The van der Waals surface area contributed by atoms with E-state index in [1.165, 1.54) is 12.1 Å². The van der Waals surface area contributed by atoms with Gasteiger partial charge >= 0.3 is 0 Å². The van der Waals surface area contributed by atoms with Crippen molar-refractivity contribution in [1.29, 1.82) is 0 Å². The first-order chi connectivity index (χ1) is 18.0. The fourth-order valence-corrected chi connectivity index (χ4v) is 5.72. The molecule has 2 aliphatic heterocycles. The summed E-state index contributed by atoms with van der Waals surface area (Å²) in [6.45, 7) is 3.57. The molecule has 0 aromatic heterocycles. The zero-order chi connectivity index (χ0) is 25.8. The standard InChI is InChI=1S/C29H35FN4O3/c30-23-10-6-9-22(19-23)28(36)34-17-15-32(16-18-34)26-12-11-24(31-27(35)21-7-2-3-8-21)20-25(26)29(37)33-13-4-1-5-14-33/h6,9-12,19-21H,1-5,7-8,13-18H2,(H,31,35). The summed E-state index contributed by atoms with van der Waals surface area (Å²) < 4.78 is 13.6. The highest BCUT2D eigenvalue weighted by Gasteiger charge is 2.28. The van der Waals surface area contributed by atoms with E-state index in [1.54, 1.807) is 17.0 Å². The molecule has 3 amide bonds. The van der Waals surface area contributed by atoms with Gasteiger partial charge in [0.05, 0.1) is 5.56 Å². The molecule has 2 saturated heterocycles. The first kappa shape index (κ1) is 25.2. The molecule has 2 aromatic rings. The van der Waals surface area contributed by atoms with Crippen molar-refractivity contribution in [3.63, 3.8) is 0 Å². The second kappa shape index (κ2) is 11.3. The number of piperidine rings is 1. The summed E-state index contributed by atoms with van der Waals surface area (Å²) in [6, 6.07) is 11.4. The minimum absolute atomic E-state index is 0.00932. The van der Waals surface area contributed by atoms with Crippen molar-refractivity contribution in [3.05, 3.63) is 59.4 Å². The van der Waals surface area contributed by atoms with Crippen LogP contribution >= 0.6 is 0 Å². The van der Waals surface area contributed by atoms with Crippen molar-refractivity contribution in [2.45, 2.75) is 44.9 Å². The summed E-state index contributed by atoms with van der Waals surface area (Å²) >= 11 is 0. The Bertz CT molecular complexity index is 1150. The van der Waals surface area contributed by atoms with Crippen LogP contribution in [0.3, 0.4) is 0 Å². The van der Waals surface area contributed by atoms with Crippen molar-refractivity contribution in [3.8, 4) is 0 Å². The number of nitrogens with one attached hydrogen (secondary N) is 1. The molecule has 3 fully saturated rings. The molecule has 1 N–H and O–H groups in total. The van der Waals surface area contributed by atoms with Gasteiger partial charge in [-0.05, 0) is 68.5 Å². The number of likely N-dealkylation sites (tertiary alicyclic amines) is 1. The number of benzene rings is 2. The van der Waals surface area contributed by atoms with E-state index in [2.05, 4.69) is 10.2 Å². The van der Waals surface area contributed by atoms with Crippen LogP contribution in [0.15, 0.2) is 42.5 Å². The number of nitrogens with zero attached hydrogens (tertiary/aromatic N) is 3. The second-order valence-corrected chi connectivity index (χ2v) is 10.3. The largest absolute Gasteiger partial charge is 0.367 e. The molecular formula is C29H35FN4O3. The van der Waals surface area contributed by atoms with E-state index in [4.69, 9.17) is 0 Å². The lowest BCUT2D eigenvalue weighted by atomic mass is 10.0. The molecule has 0 spiro atoms. The van der Waals surface area contributed by atoms with Gasteiger partial charge in [0.1, 0.15) is 5.82 Å². The predicted octanol–water partition coefficient (Wildman–Crippen LogP) is 4.54. The van der Waals surface area contributed by atoms with Gasteiger partial charge < -0.3 is 20.0 Å². The van der Waals surface area contributed by atoms with E-state index < -0.39 is 5.82 Å². The van der Waals surface area contributed by atoms with Crippen molar-refractivity contribution >= 4 is 29.1 Å². The molecule has 196 valence electrons. The lowest BCUT2D eigenvalue weighted by Crippen LogP contribution is -2.49. The SMILES string of the molecule is O=C(Nc1ccc(N2CCN(C(=O)c3cccc(F)c3)CC2)c(C(=O)N2CCCCC2)c1)C1CCCC1. The van der Waals surface area contributed by atoms with E-state index in [0.717, 1.165) is 63.7 Å². The molecule has 0 unspecified atom stereocenters. The zero-order valence-corrected chi connectivity index (χ0v) is 21.3. The Morgan fingerprint density at radius 1 is 0.757 bits per heavy atom. The fraction of sp³-hybridized carbons (Fsp3) is 0.483. The van der Waals surface area contributed by atoms with Gasteiger partial charge in [0.2, 0.25) is 5.91 Å². The molecule has 5 rings (SSSR count). The van der Waals surface area contributed by atoms with Gasteiger partial charge in [0, 0.05) is 62.1 Å². The normalized spacial score (nSPS) is 18.7. The van der Waals surface area contributed by atoms with E-state index >= 15 is 0 Å². The Morgan fingerprint density at radius 3 is 2.16 bits per heavy atom. The summed E-state index contributed by atoms with van der Waals surface area (Å²) in [5.41, 5.74) is 2.42. The number of piperazine rings is 1. The van der Waals surface area contributed by atoms with Crippen LogP contribution in [-0.2, 0) is 4.79 Å². The Hall–Kier alpha value is -3.42. The maximum absolute atomic E-state index is 13.6. The van der Waals surface area contributed by atoms with Gasteiger partial charge in [0.25, 0.3) is 11.8 Å². The lowest BCUT2D eigenvalue weighted by molar-refractivity contribution is -0.119. The third-order valence-corrected chi connectivity index (χ3v) is 7.84. The zero-order valence-electron chi connectivity index (χ0n) is 21.3. The van der Waals surface area contributed by atoms with E-state index in [1.807, 2.05) is 23.1 Å². The molecule has 0 atom stereocenters. The summed E-state index contributed by atoms with van der Waals surface area (Å²) in [5.74, 6) is -0.542. The van der Waals surface area contributed by atoms with Gasteiger partial charge in [-0.3, -0.25) is 14.4 Å². The fourth-order valence-electron chi connectivity index (χ4n) is 5.72. The van der Waals surface area contributed by atoms with E-state index in [9.17, 15) is 18.8 Å². The summed E-state index contributed by atoms with van der Waals surface area (Å²) in [5, 5.41) is 3.05. The first-order valence-electron chi connectivity index (χ1n) is 13.5. The predicted molar refractivity (Wildman–Crippen MR) is 141 cm³/mol. The monoisotopic (exact) mass is 506 g/mol. The number of carbonyl (C=O) groups is 3. The van der Waals surface area contributed by atoms with Crippen molar-refractivity contribution in [2.75, 3.05) is 49.5 Å². The highest BCUT2D eigenvalue weighted by atomic mass is 19.1. The van der Waals surface area contributed by atoms with Crippen molar-refractivity contribution in [1.82, 2.24) is 9.80 Å². The number of amides is 3. The molecule has 3 aliphatic rings. The molecule has 7 nitrogen and oxygen atoms in total. The van der Waals surface area contributed by atoms with Crippen LogP contribution in [0, 0.1) is 11.7 Å². The van der Waals surface area contributed by atoms with E-state index in [-0.39, 0.29) is 23.6 Å². The Labute approximate surface area is 217 Å². The molecule has 2 aromatic carbocycles. The smallest absolute Gasteiger partial charge is 0.256 e. The topological polar surface area (TPSA) is 73.0 Å². The van der Waals surface area contributed by atoms with Gasteiger partial charge in [-0.15, -0.1) is 0 Å². The highest BCUT2D eigenvalue weighted by molar-refractivity contribution is 6.02. The maximum Gasteiger partial charge on any atom is 0.256 e. The molecule has 37 heavy (non-hydrogen) atoms. The van der Waals surface area contributed by atoms with Gasteiger partial charge in [-0.1, -0.05) is 18.9 Å². The van der Waals surface area contributed by atoms with E-state index in [0.29, 0.717) is 43.0 Å². The minimum atomic E-state index is -0.425. The molecule has 1 aliphatic carbocycles. The number of anilines is 2. The molecular weight excluding hydrogens is 471 g/mol. The van der Waals surface area contributed by atoms with Crippen molar-refractivity contribution < 1.29 is 18.8 Å². The number of rotatable bonds is 5. The first-order valence-corrected chi connectivity index (χ1v) is 13.5. The Balaban J connectivity index is 1.33. The van der Waals surface area contributed by atoms with Crippen LogP contribution in [0.2, 0.25) is 0 Å². The quantitative estimate of drug-likeness (QED) is 0.646. The number of carbonyl (C=O) groups excluding carboxylic acids is 3. The molecule has 2 heterocycles. The van der Waals surface area contributed by atoms with Gasteiger partial charge in [-0.2, -0.15) is 0 Å². The Morgan fingerprint density at radius 2 is 1.46 bits per heavy atom. The van der Waals surface area contributed by atoms with Crippen LogP contribution in [0.25, 0.3) is 0 Å². The molecule has 1 saturated carbocycles. The van der Waals surface area contributed by atoms with Crippen LogP contribution in [0.4, 0.5) is 15.8 Å². The van der Waals surface area contributed by atoms with Crippen LogP contribution < -0.4 is 10.2 Å². The third kappa shape index (κ3) is 5.78. The van der Waals surface area contributed by atoms with Crippen LogP contribution in [-0.4, -0.2) is 66.8 Å². The maximum atomic E-state index is 13.6. The number of halogens is 1. The number of hydrogen-bond donors (Lipinski definition) is 1. The summed E-state index contributed by atoms with van der Waals surface area (Å²) in [4.78, 5) is 45.0. The average molecular weight is 507 g/mol. The molecule has 8 heteroatoms. The van der Waals surface area contributed by atoms with Crippen molar-refractivity contribution in [2.24, 2.45) is 5.92 Å². The second-order valence-electron chi connectivity index (χ2n) is 10.3. The summed E-state index contributed by atoms with van der Waals surface area (Å²) in [6.07, 6.45) is 7.15. The molecule has 0 bridgehead atoms. The Kier molecular flexibility index (Phi) is 7.72. The molecule has 0 radical (unpaired) electrons. The van der Waals surface area contributed by atoms with Crippen LogP contribution in [0.5, 0.6) is 0 Å². The third-order valence-electron chi connectivity index (χ3n) is 7.84. The lowest BCUT2D eigenvalue weighted by Gasteiger charge is -2.37. The minimum Gasteiger partial charge on any atom is -0.367 e. The summed E-state index contributed by atoms with van der Waals surface area (Å²) in [7, 11) is 0. The number of hydrogen-bond acceptors (Lipinski definition) is 4. The van der Waals surface area contributed by atoms with Gasteiger partial charge in [0.15, 0.2) is 0 Å². The van der Waals surface area contributed by atoms with Gasteiger partial charge in [-0.25, -0.2) is 4.39 Å². The average Bonchev–Trinajstić information content (AvgIpc) is 3.48. The highest BCUT2D eigenvalue weighted by Crippen LogP contribution is 2.30.